The summed E-state index contributed by atoms with van der Waals surface area (Å²) in [5, 5.41) is 0. The van der Waals surface area contributed by atoms with Crippen molar-refractivity contribution in [3.63, 3.8) is 0 Å². The number of anilines is 1. The normalized spacial score (nSPS) is 27.3. The first-order valence-corrected chi connectivity index (χ1v) is 6.80. The second-order valence-electron chi connectivity index (χ2n) is 4.37. The summed E-state index contributed by atoms with van der Waals surface area (Å²) in [7, 11) is 1.60. The van der Waals surface area contributed by atoms with Gasteiger partial charge in [-0.05, 0) is 35.4 Å². The van der Waals surface area contributed by atoms with Crippen molar-refractivity contribution in [1.29, 1.82) is 0 Å². The van der Waals surface area contributed by atoms with E-state index in [1.54, 1.807) is 7.11 Å². The first-order chi connectivity index (χ1) is 8.28. The molecule has 92 valence electrons. The van der Waals surface area contributed by atoms with Gasteiger partial charge in [-0.25, -0.2) is 0 Å². The van der Waals surface area contributed by atoms with Gasteiger partial charge in [0.25, 0.3) is 0 Å². The van der Waals surface area contributed by atoms with Crippen LogP contribution in [0.5, 0.6) is 6.01 Å². The van der Waals surface area contributed by atoms with Crippen LogP contribution in [-0.2, 0) is 4.74 Å². The number of morpholine rings is 1. The summed E-state index contributed by atoms with van der Waals surface area (Å²) in [6, 6.07) is 3.38. The van der Waals surface area contributed by atoms with E-state index in [4.69, 9.17) is 9.47 Å². The Balaban J connectivity index is 1.95. The van der Waals surface area contributed by atoms with Gasteiger partial charge >= 0.3 is 6.01 Å². The summed E-state index contributed by atoms with van der Waals surface area (Å²) in [5.74, 6) is 0.969. The quantitative estimate of drug-likeness (QED) is 0.599. The monoisotopic (exact) mass is 347 g/mol. The van der Waals surface area contributed by atoms with Crippen molar-refractivity contribution in [2.24, 2.45) is 0 Å². The molecular weight excluding hydrogens is 333 g/mol. The molecule has 5 nitrogen and oxygen atoms in total. The van der Waals surface area contributed by atoms with Gasteiger partial charge in [0.05, 0.1) is 32.4 Å². The molecule has 2 fully saturated rings. The molecule has 0 aliphatic carbocycles. The van der Waals surface area contributed by atoms with E-state index in [0.717, 1.165) is 22.7 Å². The molecule has 0 N–H and O–H groups in total. The fraction of sp³-hybridized carbons (Fsp3) is 0.636. The average Bonchev–Trinajstić information content (AvgIpc) is 2.58. The Kier molecular flexibility index (Phi) is 3.08. The number of aromatic nitrogens is 2. The van der Waals surface area contributed by atoms with Crippen molar-refractivity contribution >= 4 is 28.4 Å². The zero-order valence-corrected chi connectivity index (χ0v) is 11.8. The van der Waals surface area contributed by atoms with E-state index in [1.165, 1.54) is 12.8 Å². The average molecular weight is 347 g/mol. The summed E-state index contributed by atoms with van der Waals surface area (Å²) in [5.41, 5.74) is 0. The van der Waals surface area contributed by atoms with Gasteiger partial charge in [0.15, 0.2) is 0 Å². The molecule has 2 saturated heterocycles. The van der Waals surface area contributed by atoms with Gasteiger partial charge in [0.1, 0.15) is 9.52 Å². The lowest BCUT2D eigenvalue weighted by Gasteiger charge is -2.35. The predicted octanol–water partition coefficient (Wildman–Crippen LogP) is 1.46. The molecular formula is C11H14IN3O2. The van der Waals surface area contributed by atoms with Crippen LogP contribution in [0.25, 0.3) is 0 Å². The van der Waals surface area contributed by atoms with Gasteiger partial charge in [-0.1, -0.05) is 0 Å². The summed E-state index contributed by atoms with van der Waals surface area (Å²) in [6.45, 7) is 1.61. The van der Waals surface area contributed by atoms with Crippen LogP contribution in [0.4, 0.5) is 5.82 Å². The van der Waals surface area contributed by atoms with Gasteiger partial charge in [0.2, 0.25) is 0 Å². The second kappa shape index (κ2) is 4.56. The van der Waals surface area contributed by atoms with Gasteiger partial charge < -0.3 is 14.4 Å². The van der Waals surface area contributed by atoms with Crippen LogP contribution in [-0.4, -0.2) is 42.4 Å². The van der Waals surface area contributed by atoms with Crippen LogP contribution in [0.2, 0.25) is 0 Å². The molecule has 1 aromatic heterocycles. The lowest BCUT2D eigenvalue weighted by molar-refractivity contribution is 0.0901. The van der Waals surface area contributed by atoms with E-state index in [1.807, 2.05) is 6.07 Å². The molecule has 0 radical (unpaired) electrons. The van der Waals surface area contributed by atoms with Crippen molar-refractivity contribution in [2.45, 2.75) is 24.9 Å². The Labute approximate surface area is 114 Å². The molecule has 3 heterocycles. The molecule has 2 bridgehead atoms. The Hall–Kier alpha value is -0.630. The van der Waals surface area contributed by atoms with Crippen molar-refractivity contribution in [3.05, 3.63) is 9.77 Å². The maximum absolute atomic E-state index is 5.58. The first-order valence-electron chi connectivity index (χ1n) is 5.72. The highest BCUT2D eigenvalue weighted by Crippen LogP contribution is 2.33. The van der Waals surface area contributed by atoms with Crippen LogP contribution in [0, 0.1) is 3.70 Å². The van der Waals surface area contributed by atoms with E-state index in [-0.39, 0.29) is 0 Å². The van der Waals surface area contributed by atoms with E-state index in [0.29, 0.717) is 18.1 Å². The highest BCUT2D eigenvalue weighted by Gasteiger charge is 2.38. The third kappa shape index (κ3) is 2.08. The van der Waals surface area contributed by atoms with Crippen LogP contribution >= 0.6 is 22.6 Å². The van der Waals surface area contributed by atoms with Gasteiger partial charge in [0, 0.05) is 6.07 Å². The molecule has 2 unspecified atom stereocenters. The highest BCUT2D eigenvalue weighted by molar-refractivity contribution is 14.1. The van der Waals surface area contributed by atoms with Crippen LogP contribution in [0.15, 0.2) is 6.07 Å². The van der Waals surface area contributed by atoms with Crippen molar-refractivity contribution < 1.29 is 9.47 Å². The van der Waals surface area contributed by atoms with Crippen LogP contribution < -0.4 is 9.64 Å². The zero-order chi connectivity index (χ0) is 11.8. The number of fused-ring (bicyclic) bond motifs is 2. The Morgan fingerprint density at radius 3 is 2.71 bits per heavy atom. The number of halogens is 1. The highest BCUT2D eigenvalue weighted by atomic mass is 127. The van der Waals surface area contributed by atoms with E-state index < -0.39 is 0 Å². The first kappa shape index (κ1) is 11.5. The molecule has 0 amide bonds. The number of hydrogen-bond donors (Lipinski definition) is 0. The predicted molar refractivity (Wildman–Crippen MR) is 71.4 cm³/mol. The smallest absolute Gasteiger partial charge is 0.319 e. The molecule has 17 heavy (non-hydrogen) atoms. The number of rotatable bonds is 2. The summed E-state index contributed by atoms with van der Waals surface area (Å²) < 4.78 is 11.6. The zero-order valence-electron chi connectivity index (χ0n) is 9.60. The molecule has 6 heteroatoms. The summed E-state index contributed by atoms with van der Waals surface area (Å²) in [6.07, 6.45) is 2.38. The molecule has 2 aliphatic rings. The maximum Gasteiger partial charge on any atom is 0.319 e. The molecule has 2 aliphatic heterocycles. The van der Waals surface area contributed by atoms with E-state index in [2.05, 4.69) is 37.5 Å². The van der Waals surface area contributed by atoms with Gasteiger partial charge in [-0.2, -0.15) is 9.97 Å². The molecule has 0 saturated carbocycles. The number of methoxy groups -OCH3 is 1. The third-order valence-electron chi connectivity index (χ3n) is 3.35. The lowest BCUT2D eigenvalue weighted by Crippen LogP contribution is -2.46. The Morgan fingerprint density at radius 2 is 2.06 bits per heavy atom. The minimum atomic E-state index is 0.442. The van der Waals surface area contributed by atoms with Crippen molar-refractivity contribution in [3.8, 4) is 6.01 Å². The summed E-state index contributed by atoms with van der Waals surface area (Å²) >= 11 is 2.20. The fourth-order valence-electron chi connectivity index (χ4n) is 2.61. The number of nitrogens with zero attached hydrogens (tertiary/aromatic N) is 3. The molecule has 0 spiro atoms. The van der Waals surface area contributed by atoms with Crippen molar-refractivity contribution in [1.82, 2.24) is 9.97 Å². The second-order valence-corrected chi connectivity index (χ2v) is 5.47. The standard InChI is InChI=1S/C11H14IN3O2/c1-16-11-13-9(12)4-10(14-11)15-7-2-3-8(15)6-17-5-7/h4,7-8H,2-3,5-6H2,1H3. The van der Waals surface area contributed by atoms with Gasteiger partial charge in [-0.15, -0.1) is 0 Å². The molecule has 3 rings (SSSR count). The molecule has 1 aromatic rings. The van der Waals surface area contributed by atoms with E-state index in [9.17, 15) is 0 Å². The molecule has 2 atom stereocenters. The van der Waals surface area contributed by atoms with E-state index >= 15 is 0 Å². The Bertz CT molecular complexity index is 413. The largest absolute Gasteiger partial charge is 0.467 e. The van der Waals surface area contributed by atoms with Crippen LogP contribution in [0.1, 0.15) is 12.8 Å². The van der Waals surface area contributed by atoms with Gasteiger partial charge in [-0.3, -0.25) is 0 Å². The number of hydrogen-bond acceptors (Lipinski definition) is 5. The van der Waals surface area contributed by atoms with Crippen molar-refractivity contribution in [2.75, 3.05) is 25.2 Å². The maximum atomic E-state index is 5.58. The molecule has 0 aromatic carbocycles. The minimum absolute atomic E-state index is 0.442. The summed E-state index contributed by atoms with van der Waals surface area (Å²) in [4.78, 5) is 11.0. The lowest BCUT2D eigenvalue weighted by atomic mass is 10.2. The van der Waals surface area contributed by atoms with Crippen LogP contribution in [0.3, 0.4) is 0 Å². The Morgan fingerprint density at radius 1 is 1.35 bits per heavy atom. The fourth-order valence-corrected chi connectivity index (χ4v) is 3.10. The topological polar surface area (TPSA) is 47.5 Å². The third-order valence-corrected chi connectivity index (χ3v) is 3.90. The number of ether oxygens (including phenoxy) is 2. The SMILES string of the molecule is COc1nc(I)cc(N2C3CCC2COC3)n1. The minimum Gasteiger partial charge on any atom is -0.467 e.